The normalized spacial score (nSPS) is 13.1. The highest BCUT2D eigenvalue weighted by Gasteiger charge is 1.75. The molecule has 46 valence electrons. The highest BCUT2D eigenvalue weighted by molar-refractivity contribution is 9.11. The smallest absolute Gasteiger partial charge is 0.0189 e. The van der Waals surface area contributed by atoms with Crippen molar-refractivity contribution in [2.24, 2.45) is 0 Å². The topological polar surface area (TPSA) is 0 Å². The van der Waals surface area contributed by atoms with Crippen molar-refractivity contribution in [3.05, 3.63) is 22.7 Å². The number of rotatable bonds is 2. The Hall–Kier alpha value is -0.0400. The number of hydrogen-bond acceptors (Lipinski definition) is 0. The van der Waals surface area contributed by atoms with Crippen LogP contribution in [-0.2, 0) is 0 Å². The minimum atomic E-state index is 1.14. The lowest BCUT2D eigenvalue weighted by Gasteiger charge is -1.86. The molecule has 0 fully saturated rings. The molecule has 0 aromatic heterocycles. The van der Waals surface area contributed by atoms with Crippen molar-refractivity contribution < 1.29 is 0 Å². The van der Waals surface area contributed by atoms with E-state index < -0.39 is 0 Å². The Morgan fingerprint density at radius 2 is 2.25 bits per heavy atom. The molecule has 0 N–H and O–H groups in total. The van der Waals surface area contributed by atoms with E-state index in [0.717, 1.165) is 6.42 Å². The van der Waals surface area contributed by atoms with Crippen molar-refractivity contribution in [1.82, 2.24) is 0 Å². The summed E-state index contributed by atoms with van der Waals surface area (Å²) in [6, 6.07) is 0. The lowest BCUT2D eigenvalue weighted by Crippen LogP contribution is -1.65. The van der Waals surface area contributed by atoms with Gasteiger partial charge in [-0.3, -0.25) is 0 Å². The Morgan fingerprint density at radius 3 is 2.62 bits per heavy atom. The molecule has 0 aliphatic rings. The predicted molar refractivity (Wildman–Crippen MR) is 42.1 cm³/mol. The van der Waals surface area contributed by atoms with Gasteiger partial charge < -0.3 is 0 Å². The van der Waals surface area contributed by atoms with Crippen molar-refractivity contribution in [2.75, 3.05) is 0 Å². The molecule has 8 heavy (non-hydrogen) atoms. The number of hydrogen-bond donors (Lipinski definition) is 0. The average Bonchev–Trinajstić information content (AvgIpc) is 1.83. The molecule has 0 saturated heterocycles. The minimum Gasteiger partial charge on any atom is -0.0736 e. The summed E-state index contributed by atoms with van der Waals surface area (Å²) in [6.07, 6.45) is 5.21. The molecule has 0 amide bonds. The third kappa shape index (κ3) is 4.13. The zero-order valence-corrected chi connectivity index (χ0v) is 6.90. The van der Waals surface area contributed by atoms with Gasteiger partial charge in [0, 0.05) is 0 Å². The molecule has 0 bridgehead atoms. The van der Waals surface area contributed by atoms with Gasteiger partial charge in [0.15, 0.2) is 0 Å². The summed E-state index contributed by atoms with van der Waals surface area (Å²) in [5.41, 5.74) is 1.40. The molecule has 0 aliphatic heterocycles. The fourth-order valence-corrected chi connectivity index (χ4v) is 0.471. The van der Waals surface area contributed by atoms with Crippen LogP contribution in [0.2, 0.25) is 0 Å². The Morgan fingerprint density at radius 1 is 1.62 bits per heavy atom. The highest BCUT2D eigenvalue weighted by Crippen LogP contribution is 1.97. The molecule has 0 aliphatic carbocycles. The first-order valence-corrected chi connectivity index (χ1v) is 3.65. The molecular weight excluding hydrogens is 164 g/mol. The monoisotopic (exact) mass is 174 g/mol. The second-order valence-corrected chi connectivity index (χ2v) is 2.21. The van der Waals surface area contributed by atoms with Crippen LogP contribution in [0.4, 0.5) is 0 Å². The molecule has 0 aromatic rings. The summed E-state index contributed by atoms with van der Waals surface area (Å²) in [7, 11) is 0. The summed E-state index contributed by atoms with van der Waals surface area (Å²) in [4.78, 5) is 1.85. The van der Waals surface area contributed by atoms with E-state index >= 15 is 0 Å². The maximum Gasteiger partial charge on any atom is -0.0189 e. The van der Waals surface area contributed by atoms with Crippen LogP contribution in [0, 0.1) is 0 Å². The first kappa shape index (κ1) is 7.96. The van der Waals surface area contributed by atoms with Crippen LogP contribution in [0.25, 0.3) is 0 Å². The van der Waals surface area contributed by atoms with Gasteiger partial charge in [-0.05, 0) is 18.3 Å². The molecule has 0 heterocycles. The molecule has 1 heteroatoms. The van der Waals surface area contributed by atoms with Gasteiger partial charge in [-0.1, -0.05) is 40.6 Å². The minimum absolute atomic E-state index is 1.14. The molecule has 0 aromatic carbocycles. The van der Waals surface area contributed by atoms with E-state index in [2.05, 4.69) is 35.9 Å². The molecular formula is C7H11Br. The van der Waals surface area contributed by atoms with E-state index in [4.69, 9.17) is 0 Å². The van der Waals surface area contributed by atoms with Crippen molar-refractivity contribution in [3.8, 4) is 0 Å². The molecule has 0 atom stereocenters. The lowest BCUT2D eigenvalue weighted by molar-refractivity contribution is 1.10. The maximum atomic E-state index is 3.18. The van der Waals surface area contributed by atoms with Gasteiger partial charge in [0.2, 0.25) is 0 Å². The summed E-state index contributed by atoms with van der Waals surface area (Å²) in [5.74, 6) is 0. The molecule has 0 saturated carbocycles. The fourth-order valence-electron chi connectivity index (χ4n) is 0.318. The summed E-state index contributed by atoms with van der Waals surface area (Å²) >= 11 is 3.18. The molecule has 0 spiro atoms. The van der Waals surface area contributed by atoms with Gasteiger partial charge in [0.25, 0.3) is 0 Å². The Balaban J connectivity index is 3.57. The Labute approximate surface area is 59.4 Å². The van der Waals surface area contributed by atoms with E-state index in [0.29, 0.717) is 0 Å². The van der Waals surface area contributed by atoms with Crippen molar-refractivity contribution >= 4 is 15.9 Å². The quantitative estimate of drug-likeness (QED) is 0.565. The zero-order valence-electron chi connectivity index (χ0n) is 5.32. The second kappa shape index (κ2) is 5.10. The maximum absolute atomic E-state index is 3.18. The van der Waals surface area contributed by atoms with Crippen LogP contribution in [0.1, 0.15) is 20.3 Å². The first-order valence-electron chi connectivity index (χ1n) is 2.73. The standard InChI is InChI=1S/C7H11Br/c1-3-7(2)5-4-6-8/h4-6H,3H2,1-2H3/b6-4+,7-5-. The molecule has 0 radical (unpaired) electrons. The van der Waals surface area contributed by atoms with Crippen LogP contribution < -0.4 is 0 Å². The van der Waals surface area contributed by atoms with Gasteiger partial charge in [-0.2, -0.15) is 0 Å². The van der Waals surface area contributed by atoms with Gasteiger partial charge in [0.1, 0.15) is 0 Å². The lowest BCUT2D eigenvalue weighted by atomic mass is 10.2. The van der Waals surface area contributed by atoms with Crippen molar-refractivity contribution in [2.45, 2.75) is 20.3 Å². The van der Waals surface area contributed by atoms with Crippen LogP contribution in [0.15, 0.2) is 22.7 Å². The van der Waals surface area contributed by atoms with E-state index in [1.807, 2.05) is 11.1 Å². The van der Waals surface area contributed by atoms with Crippen molar-refractivity contribution in [1.29, 1.82) is 0 Å². The number of allylic oxidation sites excluding steroid dienone is 3. The Bertz CT molecular complexity index is 101. The molecule has 0 nitrogen and oxygen atoms in total. The van der Waals surface area contributed by atoms with Crippen LogP contribution in [0.5, 0.6) is 0 Å². The van der Waals surface area contributed by atoms with Crippen molar-refractivity contribution in [3.63, 3.8) is 0 Å². The fraction of sp³-hybridized carbons (Fsp3) is 0.429. The van der Waals surface area contributed by atoms with Gasteiger partial charge >= 0.3 is 0 Å². The van der Waals surface area contributed by atoms with Gasteiger partial charge in [0.05, 0.1) is 0 Å². The van der Waals surface area contributed by atoms with Gasteiger partial charge in [-0.25, -0.2) is 0 Å². The largest absolute Gasteiger partial charge is 0.0736 e. The zero-order chi connectivity index (χ0) is 6.41. The van der Waals surface area contributed by atoms with E-state index in [-0.39, 0.29) is 0 Å². The average molecular weight is 175 g/mol. The van der Waals surface area contributed by atoms with E-state index in [9.17, 15) is 0 Å². The van der Waals surface area contributed by atoms with Crippen LogP contribution >= 0.6 is 15.9 Å². The van der Waals surface area contributed by atoms with Crippen LogP contribution in [-0.4, -0.2) is 0 Å². The third-order valence-electron chi connectivity index (χ3n) is 1.01. The third-order valence-corrected chi connectivity index (χ3v) is 1.32. The van der Waals surface area contributed by atoms with Gasteiger partial charge in [-0.15, -0.1) is 0 Å². The summed E-state index contributed by atoms with van der Waals surface area (Å²) in [5, 5.41) is 0. The summed E-state index contributed by atoms with van der Waals surface area (Å²) in [6.45, 7) is 4.26. The first-order chi connectivity index (χ1) is 3.81. The summed E-state index contributed by atoms with van der Waals surface area (Å²) < 4.78 is 0. The number of halogens is 1. The highest BCUT2D eigenvalue weighted by atomic mass is 79.9. The SMILES string of the molecule is CC/C(C)=C\C=C\Br. The molecule has 0 unspecified atom stereocenters. The second-order valence-electron chi connectivity index (χ2n) is 1.69. The van der Waals surface area contributed by atoms with E-state index in [1.54, 1.807) is 0 Å². The predicted octanol–water partition coefficient (Wildman–Crippen LogP) is 3.25. The molecule has 0 rings (SSSR count). The van der Waals surface area contributed by atoms with Crippen LogP contribution in [0.3, 0.4) is 0 Å². The van der Waals surface area contributed by atoms with E-state index in [1.165, 1.54) is 5.57 Å². The Kier molecular flexibility index (Phi) is 5.08.